The Morgan fingerprint density at radius 3 is 2.47 bits per heavy atom. The molecule has 2 saturated heterocycles. The van der Waals surface area contributed by atoms with Crippen molar-refractivity contribution in [2.75, 3.05) is 38.0 Å². The largest absolute Gasteiger partial charge is 0.346 e. The summed E-state index contributed by atoms with van der Waals surface area (Å²) in [5.41, 5.74) is 2.80. The highest BCUT2D eigenvalue weighted by Gasteiger charge is 2.41. The van der Waals surface area contributed by atoms with Crippen molar-refractivity contribution in [2.45, 2.75) is 18.9 Å². The zero-order valence-corrected chi connectivity index (χ0v) is 18.5. The van der Waals surface area contributed by atoms with E-state index in [4.69, 9.17) is 11.6 Å². The second-order valence-corrected chi connectivity index (χ2v) is 9.13. The summed E-state index contributed by atoms with van der Waals surface area (Å²) < 4.78 is 0. The Labute approximate surface area is 191 Å². The summed E-state index contributed by atoms with van der Waals surface area (Å²) >= 11 is 6.00. The molecule has 0 bridgehead atoms. The normalized spacial score (nSPS) is 21.5. The van der Waals surface area contributed by atoms with Crippen molar-refractivity contribution in [2.24, 2.45) is 5.92 Å². The highest BCUT2D eigenvalue weighted by molar-refractivity contribution is 6.30. The highest BCUT2D eigenvalue weighted by Crippen LogP contribution is 2.31. The molecule has 0 unspecified atom stereocenters. The minimum atomic E-state index is -0.679. The number of nitrogens with two attached hydrogens (primary N) is 1. The van der Waals surface area contributed by atoms with Gasteiger partial charge in [-0.25, -0.2) is 0 Å². The number of benzene rings is 2. The molecule has 0 aliphatic carbocycles. The van der Waals surface area contributed by atoms with Crippen molar-refractivity contribution in [3.63, 3.8) is 0 Å². The molecule has 3 amide bonds. The maximum Gasteiger partial charge on any atom is 0.256 e. The first-order chi connectivity index (χ1) is 15.5. The number of nitrogens with zero attached hydrogens (tertiary/aromatic N) is 2. The molecule has 2 aromatic carbocycles. The monoisotopic (exact) mass is 453 g/mol. The van der Waals surface area contributed by atoms with Gasteiger partial charge in [-0.3, -0.25) is 14.4 Å². The third kappa shape index (κ3) is 3.87. The third-order valence-electron chi connectivity index (χ3n) is 6.73. The fourth-order valence-corrected chi connectivity index (χ4v) is 5.03. The van der Waals surface area contributed by atoms with Crippen LogP contribution in [-0.4, -0.2) is 66.3 Å². The van der Waals surface area contributed by atoms with Crippen LogP contribution in [-0.2, 0) is 9.59 Å². The van der Waals surface area contributed by atoms with E-state index in [-0.39, 0.29) is 30.2 Å². The van der Waals surface area contributed by atoms with E-state index in [0.717, 1.165) is 37.1 Å². The maximum atomic E-state index is 13.4. The molecular weight excluding hydrogens is 428 g/mol. The van der Waals surface area contributed by atoms with Crippen LogP contribution in [0.25, 0.3) is 11.1 Å². The van der Waals surface area contributed by atoms with Gasteiger partial charge in [0, 0.05) is 36.9 Å². The van der Waals surface area contributed by atoms with Gasteiger partial charge < -0.3 is 20.4 Å². The van der Waals surface area contributed by atoms with Gasteiger partial charge in [0.05, 0.1) is 30.9 Å². The molecular formula is C24H26ClN4O3+. The van der Waals surface area contributed by atoms with E-state index < -0.39 is 6.04 Å². The van der Waals surface area contributed by atoms with Crippen LogP contribution in [0, 0.1) is 5.92 Å². The van der Waals surface area contributed by atoms with Gasteiger partial charge in [0.1, 0.15) is 6.04 Å². The van der Waals surface area contributed by atoms with Crippen molar-refractivity contribution < 1.29 is 19.7 Å². The predicted octanol–water partition coefficient (Wildman–Crippen LogP) is 1.59. The van der Waals surface area contributed by atoms with E-state index in [1.54, 1.807) is 15.9 Å². The zero-order valence-electron chi connectivity index (χ0n) is 17.7. The Kier molecular flexibility index (Phi) is 5.61. The average molecular weight is 454 g/mol. The summed E-state index contributed by atoms with van der Waals surface area (Å²) in [6, 6.07) is 12.2. The van der Waals surface area contributed by atoms with Crippen LogP contribution < -0.4 is 10.6 Å². The number of fused-ring (bicyclic) bond motifs is 2. The van der Waals surface area contributed by atoms with E-state index >= 15 is 0 Å². The van der Waals surface area contributed by atoms with Gasteiger partial charge in [-0.05, 0) is 35.4 Å². The maximum absolute atomic E-state index is 13.4. The number of halogens is 1. The van der Waals surface area contributed by atoms with Crippen LogP contribution in [0.3, 0.4) is 0 Å². The molecule has 3 heterocycles. The molecule has 3 N–H and O–H groups in total. The van der Waals surface area contributed by atoms with E-state index in [1.165, 1.54) is 0 Å². The number of anilines is 1. The SMILES string of the molecule is O=C1Nc2ccc(-c3ccc(Cl)cc3)cc2C(=O)N2CCN(C(=O)C3CC[NH2+]CC3)C[C@H]12. The number of hydrogen-bond acceptors (Lipinski definition) is 3. The molecule has 0 radical (unpaired) electrons. The first-order valence-electron chi connectivity index (χ1n) is 11.1. The molecule has 2 aromatic rings. The van der Waals surface area contributed by atoms with Gasteiger partial charge in [-0.1, -0.05) is 29.8 Å². The van der Waals surface area contributed by atoms with E-state index in [9.17, 15) is 14.4 Å². The predicted molar refractivity (Wildman–Crippen MR) is 121 cm³/mol. The Morgan fingerprint density at radius 2 is 1.72 bits per heavy atom. The van der Waals surface area contributed by atoms with E-state index in [0.29, 0.717) is 29.4 Å². The molecule has 2 fully saturated rings. The molecule has 8 heteroatoms. The summed E-state index contributed by atoms with van der Waals surface area (Å²) in [4.78, 5) is 42.9. The van der Waals surface area contributed by atoms with Gasteiger partial charge in [0.15, 0.2) is 0 Å². The molecule has 0 spiro atoms. The molecule has 1 atom stereocenters. The first-order valence-corrected chi connectivity index (χ1v) is 11.5. The lowest BCUT2D eigenvalue weighted by atomic mass is 9.95. The Bertz CT molecular complexity index is 1070. The van der Waals surface area contributed by atoms with Gasteiger partial charge in [0.2, 0.25) is 11.8 Å². The van der Waals surface area contributed by atoms with Crippen LogP contribution in [0.15, 0.2) is 42.5 Å². The Morgan fingerprint density at radius 1 is 1.00 bits per heavy atom. The molecule has 0 aromatic heterocycles. The van der Waals surface area contributed by atoms with E-state index in [1.807, 2.05) is 36.4 Å². The number of rotatable bonds is 2. The lowest BCUT2D eigenvalue weighted by Crippen LogP contribution is -2.86. The second-order valence-electron chi connectivity index (χ2n) is 8.70. The van der Waals surface area contributed by atoms with Crippen LogP contribution >= 0.6 is 11.6 Å². The summed E-state index contributed by atoms with van der Waals surface area (Å²) in [6.45, 7) is 2.98. The van der Waals surface area contributed by atoms with Crippen LogP contribution in [0.5, 0.6) is 0 Å². The first kappa shape index (κ1) is 21.0. The average Bonchev–Trinajstić information content (AvgIpc) is 2.93. The number of hydrogen-bond donors (Lipinski definition) is 2. The molecule has 32 heavy (non-hydrogen) atoms. The number of amides is 3. The van der Waals surface area contributed by atoms with E-state index in [2.05, 4.69) is 10.6 Å². The topological polar surface area (TPSA) is 86.3 Å². The highest BCUT2D eigenvalue weighted by atomic mass is 35.5. The van der Waals surface area contributed by atoms with Crippen LogP contribution in [0.4, 0.5) is 5.69 Å². The zero-order chi connectivity index (χ0) is 22.2. The molecule has 5 rings (SSSR count). The molecule has 7 nitrogen and oxygen atoms in total. The lowest BCUT2D eigenvalue weighted by Gasteiger charge is -2.40. The standard InChI is InChI=1S/C24H25ClN4O3/c25-18-4-1-15(2-5-18)17-3-6-20-19(13-17)24(32)29-12-11-28(14-21(29)22(30)27-20)23(31)16-7-9-26-10-8-16/h1-6,13,16,21,26H,7-12,14H2,(H,27,30)/p+1/t21-/m1/s1. The molecule has 0 saturated carbocycles. The minimum absolute atomic E-state index is 0.0234. The smallest absolute Gasteiger partial charge is 0.256 e. The number of carbonyl (C=O) groups is 3. The number of piperazine rings is 1. The van der Waals surface area contributed by atoms with Crippen molar-refractivity contribution in [1.29, 1.82) is 0 Å². The number of carbonyl (C=O) groups excluding carboxylic acids is 3. The van der Waals surface area contributed by atoms with Crippen LogP contribution in [0.2, 0.25) is 5.02 Å². The molecule has 3 aliphatic heterocycles. The van der Waals surface area contributed by atoms with Gasteiger partial charge in [-0.15, -0.1) is 0 Å². The minimum Gasteiger partial charge on any atom is -0.346 e. The van der Waals surface area contributed by atoms with Gasteiger partial charge in [0.25, 0.3) is 5.91 Å². The summed E-state index contributed by atoms with van der Waals surface area (Å²) in [5.74, 6) is -0.288. The number of piperidine rings is 1. The molecule has 166 valence electrons. The van der Waals surface area contributed by atoms with Crippen LogP contribution in [0.1, 0.15) is 23.2 Å². The second kappa shape index (κ2) is 8.56. The van der Waals surface area contributed by atoms with Gasteiger partial charge in [-0.2, -0.15) is 0 Å². The Balaban J connectivity index is 1.39. The molecule has 3 aliphatic rings. The van der Waals surface area contributed by atoms with Crippen molar-refractivity contribution >= 4 is 35.0 Å². The number of quaternary nitrogens is 1. The van der Waals surface area contributed by atoms with Crippen molar-refractivity contribution in [3.8, 4) is 11.1 Å². The Hall–Kier alpha value is -2.90. The quantitative estimate of drug-likeness (QED) is 0.724. The van der Waals surface area contributed by atoms with Crippen molar-refractivity contribution in [1.82, 2.24) is 9.80 Å². The number of nitrogens with one attached hydrogen (secondary N) is 1. The summed E-state index contributed by atoms with van der Waals surface area (Å²) in [5, 5.41) is 5.79. The summed E-state index contributed by atoms with van der Waals surface area (Å²) in [6.07, 6.45) is 1.74. The fraction of sp³-hybridized carbons (Fsp3) is 0.375. The third-order valence-corrected chi connectivity index (χ3v) is 6.98. The lowest BCUT2D eigenvalue weighted by molar-refractivity contribution is -0.664. The van der Waals surface area contributed by atoms with Gasteiger partial charge >= 0.3 is 0 Å². The summed E-state index contributed by atoms with van der Waals surface area (Å²) in [7, 11) is 0. The van der Waals surface area contributed by atoms with Crippen molar-refractivity contribution in [3.05, 3.63) is 53.1 Å². The fourth-order valence-electron chi connectivity index (χ4n) is 4.91.